The largest absolute Gasteiger partial charge is 0.338 e. The van der Waals surface area contributed by atoms with Crippen LogP contribution < -0.4 is 26.2 Å². The van der Waals surface area contributed by atoms with Gasteiger partial charge in [0.05, 0.1) is 1.37 Å². The summed E-state index contributed by atoms with van der Waals surface area (Å²) in [5.74, 6) is -3.18. The second-order valence-electron chi connectivity index (χ2n) is 12.7. The predicted octanol–water partition coefficient (Wildman–Crippen LogP) is 6.49. The first-order valence-electron chi connectivity index (χ1n) is 15.5. The Bertz CT molecular complexity index is 1590. The van der Waals surface area contributed by atoms with Crippen LogP contribution >= 0.6 is 0 Å². The first-order chi connectivity index (χ1) is 19.0. The fraction of sp³-hybridized carbons (Fsp3) is 0.455. The summed E-state index contributed by atoms with van der Waals surface area (Å²) in [5, 5.41) is 0. The van der Waals surface area contributed by atoms with E-state index in [4.69, 9.17) is 0 Å². The number of hydrogen-bond acceptors (Lipinski definition) is 2. The summed E-state index contributed by atoms with van der Waals surface area (Å²) in [6, 6.07) is 11.4. The Balaban J connectivity index is 1.45. The van der Waals surface area contributed by atoms with E-state index in [1.54, 1.807) is 4.90 Å². The second kappa shape index (κ2) is 6.84. The van der Waals surface area contributed by atoms with Gasteiger partial charge in [-0.15, -0.1) is 0 Å². The molecule has 4 unspecified atom stereocenters. The minimum atomic E-state index is -2.14. The third-order valence-electron chi connectivity index (χ3n) is 10.4. The standard InChI is InChI=1S/C33H33BF2N2/c1-18-12-22-21-8-4-5-9-26(21)37-27-16-20(3)17-28-29(27)34(24(14-18)30(22)37)25-15-19(2)13-23-31(25)38(28)33(36)11-7-6-10-32(23,33)35/h12-17,21,26H,4-11H2,1-3H3/i21D,26D. The Hall–Kier alpha value is -2.82. The highest BCUT2D eigenvalue weighted by Gasteiger charge is 2.68. The van der Waals surface area contributed by atoms with Gasteiger partial charge in [0.2, 0.25) is 5.79 Å². The molecule has 2 aliphatic carbocycles. The molecule has 38 heavy (non-hydrogen) atoms. The van der Waals surface area contributed by atoms with Gasteiger partial charge in [-0.3, -0.25) is 0 Å². The van der Waals surface area contributed by atoms with Gasteiger partial charge in [-0.25, -0.2) is 8.78 Å². The van der Waals surface area contributed by atoms with Gasteiger partial charge >= 0.3 is 0 Å². The first kappa shape index (κ1) is 20.1. The molecule has 3 aromatic carbocycles. The molecule has 4 heterocycles. The normalized spacial score (nSPS) is 35.7. The first-order valence-corrected chi connectivity index (χ1v) is 14.5. The summed E-state index contributed by atoms with van der Waals surface area (Å²) < 4.78 is 54.7. The number of benzene rings is 3. The van der Waals surface area contributed by atoms with E-state index in [1.165, 1.54) is 0 Å². The van der Waals surface area contributed by atoms with Gasteiger partial charge in [0.1, 0.15) is 0 Å². The lowest BCUT2D eigenvalue weighted by atomic mass is 9.33. The average Bonchev–Trinajstić information content (AvgIpc) is 3.24. The van der Waals surface area contributed by atoms with Crippen LogP contribution in [-0.4, -0.2) is 18.5 Å². The van der Waals surface area contributed by atoms with Crippen LogP contribution in [0.5, 0.6) is 0 Å². The van der Waals surface area contributed by atoms with Crippen molar-refractivity contribution in [3.8, 4) is 0 Å². The molecule has 192 valence electrons. The van der Waals surface area contributed by atoms with Crippen LogP contribution in [0.25, 0.3) is 0 Å². The van der Waals surface area contributed by atoms with E-state index in [0.29, 0.717) is 36.9 Å². The van der Waals surface area contributed by atoms with E-state index in [9.17, 15) is 2.74 Å². The average molecular weight is 508 g/mol. The van der Waals surface area contributed by atoms with Gasteiger partial charge in [0, 0.05) is 48.0 Å². The molecule has 0 radical (unpaired) electrons. The van der Waals surface area contributed by atoms with Gasteiger partial charge in [-0.1, -0.05) is 48.2 Å². The van der Waals surface area contributed by atoms with Crippen molar-refractivity contribution in [1.29, 1.82) is 0 Å². The minimum Gasteiger partial charge on any atom is -0.338 e. The van der Waals surface area contributed by atoms with Crippen molar-refractivity contribution in [2.24, 2.45) is 0 Å². The number of aryl methyl sites for hydroxylation is 3. The molecule has 9 rings (SSSR count). The SMILES string of the molecule is [2H]C12CCCCC1([2H])N1c3cc(C)cc4c3B(c3cc(C)cc2c31)c1cc(C)cc2c1N4C1(F)CCCCC21F. The zero-order valence-electron chi connectivity index (χ0n) is 24.3. The van der Waals surface area contributed by atoms with Crippen LogP contribution in [0.4, 0.5) is 31.5 Å². The van der Waals surface area contributed by atoms with Crippen molar-refractivity contribution < 1.29 is 11.5 Å². The summed E-state index contributed by atoms with van der Waals surface area (Å²) >= 11 is 0. The van der Waals surface area contributed by atoms with E-state index in [-0.39, 0.29) is 19.6 Å². The quantitative estimate of drug-likeness (QED) is 0.253. The molecule has 4 atom stereocenters. The molecule has 2 nitrogen and oxygen atoms in total. The third kappa shape index (κ3) is 2.30. The summed E-state index contributed by atoms with van der Waals surface area (Å²) in [7, 11) is 0. The van der Waals surface area contributed by atoms with E-state index in [0.717, 1.165) is 68.5 Å². The van der Waals surface area contributed by atoms with E-state index >= 15 is 8.78 Å². The molecule has 2 fully saturated rings. The van der Waals surface area contributed by atoms with Crippen molar-refractivity contribution in [3.63, 3.8) is 0 Å². The Morgan fingerprint density at radius 3 is 2.34 bits per heavy atom. The number of alkyl halides is 2. The zero-order chi connectivity index (χ0) is 27.6. The molecule has 0 saturated heterocycles. The van der Waals surface area contributed by atoms with Crippen LogP contribution in [0.1, 0.15) is 87.8 Å². The molecule has 0 spiro atoms. The maximum Gasteiger partial charge on any atom is 0.252 e. The van der Waals surface area contributed by atoms with Crippen molar-refractivity contribution in [2.45, 2.75) is 95.5 Å². The monoisotopic (exact) mass is 508 g/mol. The lowest BCUT2D eigenvalue weighted by molar-refractivity contribution is -0.0615. The molecule has 3 aromatic rings. The molecule has 0 amide bonds. The van der Waals surface area contributed by atoms with Crippen LogP contribution in [0.2, 0.25) is 0 Å². The van der Waals surface area contributed by atoms with Crippen LogP contribution in [0.15, 0.2) is 36.4 Å². The molecular formula is C33H33BF2N2. The fourth-order valence-corrected chi connectivity index (χ4v) is 9.05. The Kier molecular flexibility index (Phi) is 3.63. The lowest BCUT2D eigenvalue weighted by Crippen LogP contribution is -2.64. The highest BCUT2D eigenvalue weighted by atomic mass is 19.2. The van der Waals surface area contributed by atoms with Gasteiger partial charge in [0.25, 0.3) is 6.71 Å². The van der Waals surface area contributed by atoms with Crippen molar-refractivity contribution in [1.82, 2.24) is 0 Å². The predicted molar refractivity (Wildman–Crippen MR) is 153 cm³/mol. The van der Waals surface area contributed by atoms with Crippen molar-refractivity contribution in [3.05, 3.63) is 64.2 Å². The fourth-order valence-electron chi connectivity index (χ4n) is 9.05. The molecule has 0 aromatic heterocycles. The van der Waals surface area contributed by atoms with Gasteiger partial charge in [-0.05, 0) is 92.5 Å². The summed E-state index contributed by atoms with van der Waals surface area (Å²) in [5.41, 5.74) is 8.81. The molecule has 5 heteroatoms. The highest BCUT2D eigenvalue weighted by Crippen LogP contribution is 2.64. The number of hydrogen-bond donors (Lipinski definition) is 0. The number of fused-ring (bicyclic) bond motifs is 10. The maximum absolute atomic E-state index is 17.6. The molecule has 6 aliphatic rings. The maximum atomic E-state index is 17.6. The smallest absolute Gasteiger partial charge is 0.252 e. The number of halogens is 2. The van der Waals surface area contributed by atoms with Crippen LogP contribution in [0.3, 0.4) is 0 Å². The van der Waals surface area contributed by atoms with Gasteiger partial charge < -0.3 is 9.80 Å². The Labute approximate surface area is 226 Å². The molecule has 0 N–H and O–H groups in total. The van der Waals surface area contributed by atoms with E-state index in [1.807, 2.05) is 26.0 Å². The van der Waals surface area contributed by atoms with E-state index in [2.05, 4.69) is 36.1 Å². The third-order valence-corrected chi connectivity index (χ3v) is 10.4. The number of nitrogens with zero attached hydrogens (tertiary/aromatic N) is 2. The number of anilines is 4. The van der Waals surface area contributed by atoms with Gasteiger partial charge in [0.15, 0.2) is 5.67 Å². The summed E-state index contributed by atoms with van der Waals surface area (Å²) in [4.78, 5) is 3.89. The van der Waals surface area contributed by atoms with E-state index < -0.39 is 23.4 Å². The van der Waals surface area contributed by atoms with Crippen LogP contribution in [0, 0.1) is 20.8 Å². The summed E-state index contributed by atoms with van der Waals surface area (Å²) in [6.45, 7) is 5.91. The molecule has 0 bridgehead atoms. The molecular weight excluding hydrogens is 473 g/mol. The topological polar surface area (TPSA) is 6.48 Å². The van der Waals surface area contributed by atoms with Crippen molar-refractivity contribution in [2.75, 3.05) is 9.80 Å². The zero-order valence-corrected chi connectivity index (χ0v) is 22.3. The Morgan fingerprint density at radius 2 is 1.50 bits per heavy atom. The van der Waals surface area contributed by atoms with Crippen LogP contribution in [-0.2, 0) is 5.67 Å². The van der Waals surface area contributed by atoms with Gasteiger partial charge in [-0.2, -0.15) is 0 Å². The molecule has 4 aliphatic heterocycles. The summed E-state index contributed by atoms with van der Waals surface area (Å²) in [6.07, 6.45) is 4.82. The van der Waals surface area contributed by atoms with Crippen molar-refractivity contribution >= 4 is 45.9 Å². The Morgan fingerprint density at radius 1 is 0.816 bits per heavy atom. The number of rotatable bonds is 0. The highest BCUT2D eigenvalue weighted by molar-refractivity contribution is 7.00. The molecule has 2 saturated carbocycles. The minimum absolute atomic E-state index is 0.159. The lowest BCUT2D eigenvalue weighted by Gasteiger charge is -2.48. The second-order valence-corrected chi connectivity index (χ2v) is 12.7.